The summed E-state index contributed by atoms with van der Waals surface area (Å²) in [4.78, 5) is 16.8. The summed E-state index contributed by atoms with van der Waals surface area (Å²) in [5, 5.41) is 10.6. The predicted molar refractivity (Wildman–Crippen MR) is 92.3 cm³/mol. The van der Waals surface area contributed by atoms with E-state index in [2.05, 4.69) is 34.3 Å². The number of carbonyl (C=O) groups excluding carboxylic acids is 1. The van der Waals surface area contributed by atoms with E-state index < -0.39 is 0 Å². The molecule has 2 heterocycles. The lowest BCUT2D eigenvalue weighted by Crippen LogP contribution is -2.16. The van der Waals surface area contributed by atoms with Crippen molar-refractivity contribution in [2.75, 3.05) is 12.4 Å². The number of aromatic nitrogens is 4. The highest BCUT2D eigenvalue weighted by Crippen LogP contribution is 2.24. The molecule has 0 atom stereocenters. The molecule has 0 aliphatic rings. The molecule has 24 heavy (non-hydrogen) atoms. The summed E-state index contributed by atoms with van der Waals surface area (Å²) in [5.41, 5.74) is 1.49. The standard InChI is InChI=1S/C17H21N5O2/c1-10(2)7-15-18-17(21-20-15)19-16(23)14-9-11-8-12(24-4)5-6-13(11)22(14)3/h5-6,8-10H,7H2,1-4H3,(H2,18,19,20,21,23). The number of fused-ring (bicyclic) bond motifs is 1. The van der Waals surface area contributed by atoms with Crippen LogP contribution in [0.2, 0.25) is 0 Å². The molecule has 0 fully saturated rings. The first-order valence-corrected chi connectivity index (χ1v) is 7.84. The average Bonchev–Trinajstić information content (AvgIpc) is 3.11. The molecule has 1 amide bonds. The van der Waals surface area contributed by atoms with Gasteiger partial charge in [-0.15, -0.1) is 5.10 Å². The molecule has 126 valence electrons. The van der Waals surface area contributed by atoms with Crippen molar-refractivity contribution in [1.29, 1.82) is 0 Å². The summed E-state index contributed by atoms with van der Waals surface area (Å²) in [5.74, 6) is 2.03. The quantitative estimate of drug-likeness (QED) is 0.754. The first-order chi connectivity index (χ1) is 11.5. The monoisotopic (exact) mass is 327 g/mol. The molecule has 2 aromatic heterocycles. The molecule has 2 N–H and O–H groups in total. The fraction of sp³-hybridized carbons (Fsp3) is 0.353. The summed E-state index contributed by atoms with van der Waals surface area (Å²) in [7, 11) is 3.47. The number of amides is 1. The Balaban J connectivity index is 1.83. The Bertz CT molecular complexity index is 878. The summed E-state index contributed by atoms with van der Waals surface area (Å²) < 4.78 is 7.07. The minimum absolute atomic E-state index is 0.247. The van der Waals surface area contributed by atoms with Gasteiger partial charge < -0.3 is 9.30 Å². The number of methoxy groups -OCH3 is 1. The Morgan fingerprint density at radius 2 is 2.17 bits per heavy atom. The second-order valence-corrected chi connectivity index (χ2v) is 6.17. The summed E-state index contributed by atoms with van der Waals surface area (Å²) in [6.07, 6.45) is 0.788. The van der Waals surface area contributed by atoms with Crippen molar-refractivity contribution < 1.29 is 9.53 Å². The maximum absolute atomic E-state index is 12.5. The van der Waals surface area contributed by atoms with Crippen LogP contribution in [-0.4, -0.2) is 32.8 Å². The van der Waals surface area contributed by atoms with Crippen molar-refractivity contribution in [3.63, 3.8) is 0 Å². The SMILES string of the molecule is COc1ccc2c(c1)cc(C(=O)Nc1n[nH]c(CC(C)C)n1)n2C. The Hall–Kier alpha value is -2.83. The van der Waals surface area contributed by atoms with Gasteiger partial charge in [-0.25, -0.2) is 0 Å². The van der Waals surface area contributed by atoms with Gasteiger partial charge in [0.15, 0.2) is 0 Å². The number of hydrogen-bond donors (Lipinski definition) is 2. The second-order valence-electron chi connectivity index (χ2n) is 6.17. The van der Waals surface area contributed by atoms with E-state index in [0.29, 0.717) is 17.6 Å². The van der Waals surface area contributed by atoms with Crippen LogP contribution in [-0.2, 0) is 13.5 Å². The van der Waals surface area contributed by atoms with Gasteiger partial charge >= 0.3 is 0 Å². The lowest BCUT2D eigenvalue weighted by atomic mass is 10.1. The van der Waals surface area contributed by atoms with E-state index in [9.17, 15) is 4.79 Å². The van der Waals surface area contributed by atoms with Gasteiger partial charge in [0.2, 0.25) is 5.95 Å². The van der Waals surface area contributed by atoms with E-state index in [1.807, 2.05) is 35.9 Å². The molecule has 0 aliphatic heterocycles. The van der Waals surface area contributed by atoms with Crippen LogP contribution in [0.1, 0.15) is 30.2 Å². The Labute approximate surface area is 140 Å². The number of H-pyrrole nitrogens is 1. The Morgan fingerprint density at radius 3 is 2.88 bits per heavy atom. The van der Waals surface area contributed by atoms with Crippen LogP contribution in [0.5, 0.6) is 5.75 Å². The third-order valence-corrected chi connectivity index (χ3v) is 3.84. The van der Waals surface area contributed by atoms with Crippen molar-refractivity contribution in [3.05, 3.63) is 35.8 Å². The van der Waals surface area contributed by atoms with Crippen LogP contribution in [0.4, 0.5) is 5.95 Å². The van der Waals surface area contributed by atoms with E-state index in [1.165, 1.54) is 0 Å². The molecule has 0 spiro atoms. The number of hydrogen-bond acceptors (Lipinski definition) is 4. The molecular formula is C17H21N5O2. The third kappa shape index (κ3) is 3.10. The number of nitrogens with one attached hydrogen (secondary N) is 2. The number of benzene rings is 1. The van der Waals surface area contributed by atoms with Gasteiger partial charge in [-0.3, -0.25) is 15.2 Å². The number of aryl methyl sites for hydroxylation is 1. The van der Waals surface area contributed by atoms with E-state index in [0.717, 1.165) is 28.9 Å². The Kier molecular flexibility index (Phi) is 4.24. The first-order valence-electron chi connectivity index (χ1n) is 7.84. The second kappa shape index (κ2) is 6.35. The normalized spacial score (nSPS) is 11.2. The molecule has 0 bridgehead atoms. The van der Waals surface area contributed by atoms with Crippen molar-refractivity contribution in [3.8, 4) is 5.75 Å². The third-order valence-electron chi connectivity index (χ3n) is 3.84. The topological polar surface area (TPSA) is 84.8 Å². The fourth-order valence-electron chi connectivity index (χ4n) is 2.67. The highest BCUT2D eigenvalue weighted by atomic mass is 16.5. The zero-order valence-electron chi connectivity index (χ0n) is 14.3. The lowest BCUT2D eigenvalue weighted by Gasteiger charge is -2.04. The smallest absolute Gasteiger partial charge is 0.274 e. The highest BCUT2D eigenvalue weighted by Gasteiger charge is 2.16. The number of anilines is 1. The summed E-state index contributed by atoms with van der Waals surface area (Å²) in [6, 6.07) is 7.53. The van der Waals surface area contributed by atoms with Crippen LogP contribution in [0.3, 0.4) is 0 Å². The van der Waals surface area contributed by atoms with Gasteiger partial charge in [0.1, 0.15) is 17.3 Å². The number of rotatable bonds is 5. The predicted octanol–water partition coefficient (Wildman–Crippen LogP) is 2.76. The van der Waals surface area contributed by atoms with Crippen LogP contribution < -0.4 is 10.1 Å². The van der Waals surface area contributed by atoms with E-state index in [4.69, 9.17) is 4.74 Å². The summed E-state index contributed by atoms with van der Waals surface area (Å²) in [6.45, 7) is 4.20. The van der Waals surface area contributed by atoms with E-state index >= 15 is 0 Å². The minimum Gasteiger partial charge on any atom is -0.497 e. The molecule has 0 aliphatic carbocycles. The zero-order chi connectivity index (χ0) is 17.3. The molecule has 3 rings (SSSR count). The minimum atomic E-state index is -0.247. The van der Waals surface area contributed by atoms with Gasteiger partial charge in [0, 0.05) is 24.4 Å². The number of ether oxygens (including phenoxy) is 1. The fourth-order valence-corrected chi connectivity index (χ4v) is 2.67. The van der Waals surface area contributed by atoms with Crippen molar-refractivity contribution in [2.24, 2.45) is 13.0 Å². The van der Waals surface area contributed by atoms with E-state index in [-0.39, 0.29) is 5.91 Å². The first kappa shape index (κ1) is 16.0. The van der Waals surface area contributed by atoms with Crippen LogP contribution in [0.25, 0.3) is 10.9 Å². The molecule has 0 unspecified atom stereocenters. The molecule has 0 radical (unpaired) electrons. The number of aromatic amines is 1. The van der Waals surface area contributed by atoms with Gasteiger partial charge in [0.25, 0.3) is 5.91 Å². The zero-order valence-corrected chi connectivity index (χ0v) is 14.3. The number of carbonyl (C=O) groups is 1. The molecule has 3 aromatic rings. The van der Waals surface area contributed by atoms with Crippen LogP contribution in [0, 0.1) is 5.92 Å². The van der Waals surface area contributed by atoms with Gasteiger partial charge in [0.05, 0.1) is 7.11 Å². The number of nitrogens with zero attached hydrogens (tertiary/aromatic N) is 3. The van der Waals surface area contributed by atoms with Crippen molar-refractivity contribution >= 4 is 22.8 Å². The molecule has 0 saturated carbocycles. The molecule has 7 nitrogen and oxygen atoms in total. The van der Waals surface area contributed by atoms with Crippen molar-refractivity contribution in [2.45, 2.75) is 20.3 Å². The molecular weight excluding hydrogens is 306 g/mol. The maximum Gasteiger partial charge on any atom is 0.274 e. The Morgan fingerprint density at radius 1 is 1.38 bits per heavy atom. The molecule has 7 heteroatoms. The molecule has 0 saturated heterocycles. The lowest BCUT2D eigenvalue weighted by molar-refractivity contribution is 0.101. The van der Waals surface area contributed by atoms with Gasteiger partial charge in [-0.05, 0) is 30.2 Å². The largest absolute Gasteiger partial charge is 0.497 e. The molecule has 1 aromatic carbocycles. The average molecular weight is 327 g/mol. The van der Waals surface area contributed by atoms with Gasteiger partial charge in [-0.1, -0.05) is 13.8 Å². The van der Waals surface area contributed by atoms with E-state index in [1.54, 1.807) is 7.11 Å². The summed E-state index contributed by atoms with van der Waals surface area (Å²) >= 11 is 0. The highest BCUT2D eigenvalue weighted by molar-refractivity contribution is 6.05. The maximum atomic E-state index is 12.5. The van der Waals surface area contributed by atoms with Gasteiger partial charge in [-0.2, -0.15) is 4.98 Å². The van der Waals surface area contributed by atoms with Crippen LogP contribution in [0.15, 0.2) is 24.3 Å². The van der Waals surface area contributed by atoms with Crippen molar-refractivity contribution in [1.82, 2.24) is 19.7 Å². The van der Waals surface area contributed by atoms with Crippen LogP contribution >= 0.6 is 0 Å².